The minimum atomic E-state index is 0.0558. The first-order valence-corrected chi connectivity index (χ1v) is 13.8. The molecule has 0 saturated heterocycles. The summed E-state index contributed by atoms with van der Waals surface area (Å²) in [4.78, 5) is 14.7. The van der Waals surface area contributed by atoms with E-state index in [0.29, 0.717) is 0 Å². The Labute approximate surface area is 236 Å². The molecule has 0 saturated carbocycles. The van der Waals surface area contributed by atoms with Crippen LogP contribution in [0.5, 0.6) is 0 Å². The Bertz CT molecular complexity index is 1850. The molecule has 2 aromatic heterocycles. The fraction of sp³-hybridized carbons (Fsp3) is 0.162. The zero-order valence-corrected chi connectivity index (χ0v) is 23.7. The molecule has 2 heterocycles. The number of hydrogen-bond acceptors (Lipinski definition) is 3. The fourth-order valence-electron chi connectivity index (χ4n) is 5.33. The second-order valence-corrected chi connectivity index (χ2v) is 11.6. The molecule has 0 amide bonds. The van der Waals surface area contributed by atoms with E-state index >= 15 is 0 Å². The van der Waals surface area contributed by atoms with Crippen LogP contribution in [0.3, 0.4) is 0 Å². The molecular weight excluding hydrogens is 486 g/mol. The number of aryl methyl sites for hydroxylation is 2. The van der Waals surface area contributed by atoms with Gasteiger partial charge in [0.05, 0.1) is 11.2 Å². The van der Waals surface area contributed by atoms with Crippen molar-refractivity contribution in [3.8, 4) is 44.9 Å². The summed E-state index contributed by atoms with van der Waals surface area (Å²) in [6.45, 7) is 11.0. The molecular formula is C37H33N3. The number of rotatable bonds is 4. The van der Waals surface area contributed by atoms with Gasteiger partial charge in [0.25, 0.3) is 0 Å². The monoisotopic (exact) mass is 519 g/mol. The van der Waals surface area contributed by atoms with Gasteiger partial charge in [-0.05, 0) is 65.3 Å². The van der Waals surface area contributed by atoms with Gasteiger partial charge in [0, 0.05) is 34.5 Å². The molecule has 6 rings (SSSR count). The van der Waals surface area contributed by atoms with E-state index in [2.05, 4.69) is 113 Å². The topological polar surface area (TPSA) is 38.7 Å². The molecule has 3 nitrogen and oxygen atoms in total. The van der Waals surface area contributed by atoms with Crippen molar-refractivity contribution < 1.29 is 0 Å². The summed E-state index contributed by atoms with van der Waals surface area (Å²) in [5, 5.41) is 1.04. The molecule has 0 bridgehead atoms. The molecule has 3 heteroatoms. The Morgan fingerprint density at radius 1 is 0.600 bits per heavy atom. The zero-order chi connectivity index (χ0) is 27.9. The maximum atomic E-state index is 5.18. The van der Waals surface area contributed by atoms with Crippen LogP contribution in [-0.4, -0.2) is 15.0 Å². The third-order valence-electron chi connectivity index (χ3n) is 7.55. The summed E-state index contributed by atoms with van der Waals surface area (Å²) < 4.78 is 0. The van der Waals surface area contributed by atoms with Crippen molar-refractivity contribution >= 4 is 10.9 Å². The predicted molar refractivity (Wildman–Crippen MR) is 167 cm³/mol. The molecule has 0 unspecified atom stereocenters. The maximum absolute atomic E-state index is 5.18. The highest BCUT2D eigenvalue weighted by molar-refractivity contribution is 6.03. The van der Waals surface area contributed by atoms with Gasteiger partial charge in [-0.2, -0.15) is 0 Å². The molecule has 0 aliphatic carbocycles. The van der Waals surface area contributed by atoms with Crippen molar-refractivity contribution in [3.05, 3.63) is 126 Å². The molecule has 0 aliphatic heterocycles. The second kappa shape index (κ2) is 10.2. The molecule has 40 heavy (non-hydrogen) atoms. The first-order valence-electron chi connectivity index (χ1n) is 13.8. The van der Waals surface area contributed by atoms with Crippen molar-refractivity contribution in [1.82, 2.24) is 15.0 Å². The molecule has 0 N–H and O–H groups in total. The average molecular weight is 520 g/mol. The molecule has 0 fully saturated rings. The second-order valence-electron chi connectivity index (χ2n) is 11.6. The lowest BCUT2D eigenvalue weighted by Crippen LogP contribution is -2.11. The lowest BCUT2D eigenvalue weighted by molar-refractivity contribution is 0.589. The van der Waals surface area contributed by atoms with Gasteiger partial charge in [0.1, 0.15) is 0 Å². The Morgan fingerprint density at radius 2 is 1.32 bits per heavy atom. The third-order valence-corrected chi connectivity index (χ3v) is 7.55. The van der Waals surface area contributed by atoms with E-state index in [0.717, 1.165) is 50.2 Å². The number of nitrogens with zero attached hydrogens (tertiary/aromatic N) is 3. The molecule has 196 valence electrons. The van der Waals surface area contributed by atoms with Crippen LogP contribution in [0.2, 0.25) is 0 Å². The Morgan fingerprint density at radius 3 is 2.10 bits per heavy atom. The first kappa shape index (κ1) is 25.6. The van der Waals surface area contributed by atoms with Gasteiger partial charge in [-0.25, -0.2) is 9.97 Å². The molecule has 4 aromatic carbocycles. The van der Waals surface area contributed by atoms with Gasteiger partial charge in [0.2, 0.25) is 0 Å². The van der Waals surface area contributed by atoms with Crippen LogP contribution in [0.4, 0.5) is 0 Å². The Kier molecular flexibility index (Phi) is 6.51. The summed E-state index contributed by atoms with van der Waals surface area (Å²) in [5.41, 5.74) is 12.4. The van der Waals surface area contributed by atoms with Gasteiger partial charge in [-0.1, -0.05) is 105 Å². The minimum Gasteiger partial charge on any atom is -0.256 e. The van der Waals surface area contributed by atoms with Gasteiger partial charge in [-0.15, -0.1) is 0 Å². The highest BCUT2D eigenvalue weighted by Gasteiger charge is 2.17. The van der Waals surface area contributed by atoms with Gasteiger partial charge in [-0.3, -0.25) is 4.98 Å². The summed E-state index contributed by atoms with van der Waals surface area (Å²) in [6, 6.07) is 34.2. The summed E-state index contributed by atoms with van der Waals surface area (Å²) in [5.74, 6) is 0.725. The minimum absolute atomic E-state index is 0.0558. The van der Waals surface area contributed by atoms with Crippen molar-refractivity contribution in [2.45, 2.75) is 40.0 Å². The summed E-state index contributed by atoms with van der Waals surface area (Å²) in [6.07, 6.45) is 3.90. The van der Waals surface area contributed by atoms with Crippen molar-refractivity contribution in [2.24, 2.45) is 0 Å². The van der Waals surface area contributed by atoms with E-state index in [4.69, 9.17) is 15.0 Å². The molecule has 0 atom stereocenters. The van der Waals surface area contributed by atoms with Crippen molar-refractivity contribution in [3.63, 3.8) is 0 Å². The smallest absolute Gasteiger partial charge is 0.159 e. The van der Waals surface area contributed by atoms with Crippen LogP contribution < -0.4 is 0 Å². The van der Waals surface area contributed by atoms with Crippen LogP contribution in [0.1, 0.15) is 37.5 Å². The number of aromatic nitrogens is 3. The number of benzene rings is 4. The van der Waals surface area contributed by atoms with E-state index in [1.165, 1.54) is 22.3 Å². The number of hydrogen-bond donors (Lipinski definition) is 0. The van der Waals surface area contributed by atoms with Crippen LogP contribution in [0.25, 0.3) is 55.8 Å². The van der Waals surface area contributed by atoms with Crippen molar-refractivity contribution in [1.29, 1.82) is 0 Å². The van der Waals surface area contributed by atoms with Crippen LogP contribution in [0.15, 0.2) is 109 Å². The third kappa shape index (κ3) is 4.91. The standard InChI is InChI=1S/C37H33N3/c1-24-14-15-30(25(2)20-24)32-17-16-31(35-33(32)23-39-36(40-35)26-10-7-6-8-11-26)27-12-9-13-28(21-27)34-22-29(18-19-38-34)37(3,4)5/h6-23H,1-5H3. The van der Waals surface area contributed by atoms with E-state index < -0.39 is 0 Å². The summed E-state index contributed by atoms with van der Waals surface area (Å²) >= 11 is 0. The van der Waals surface area contributed by atoms with E-state index in [9.17, 15) is 0 Å². The highest BCUT2D eigenvalue weighted by atomic mass is 14.9. The number of fused-ring (bicyclic) bond motifs is 1. The van der Waals surface area contributed by atoms with E-state index in [-0.39, 0.29) is 5.41 Å². The van der Waals surface area contributed by atoms with Gasteiger partial charge >= 0.3 is 0 Å². The summed E-state index contributed by atoms with van der Waals surface area (Å²) in [7, 11) is 0. The SMILES string of the molecule is Cc1ccc(-c2ccc(-c3cccc(-c4cc(C(C)(C)C)ccn4)c3)c3nc(-c4ccccc4)ncc23)c(C)c1. The highest BCUT2D eigenvalue weighted by Crippen LogP contribution is 2.38. The number of pyridine rings is 1. The molecule has 0 aliphatic rings. The zero-order valence-electron chi connectivity index (χ0n) is 23.7. The fourth-order valence-corrected chi connectivity index (χ4v) is 5.33. The van der Waals surface area contributed by atoms with Crippen LogP contribution in [0, 0.1) is 13.8 Å². The largest absolute Gasteiger partial charge is 0.256 e. The quantitative estimate of drug-likeness (QED) is 0.233. The predicted octanol–water partition coefficient (Wildman–Crippen LogP) is 9.61. The Balaban J connectivity index is 1.55. The van der Waals surface area contributed by atoms with E-state index in [1.54, 1.807) is 0 Å². The van der Waals surface area contributed by atoms with Crippen LogP contribution >= 0.6 is 0 Å². The molecule has 6 aromatic rings. The van der Waals surface area contributed by atoms with Crippen molar-refractivity contribution in [2.75, 3.05) is 0 Å². The van der Waals surface area contributed by atoms with Gasteiger partial charge < -0.3 is 0 Å². The first-order chi connectivity index (χ1) is 19.3. The van der Waals surface area contributed by atoms with Crippen LogP contribution in [-0.2, 0) is 5.41 Å². The van der Waals surface area contributed by atoms with E-state index in [1.807, 2.05) is 30.6 Å². The van der Waals surface area contributed by atoms with Gasteiger partial charge in [0.15, 0.2) is 5.82 Å². The lowest BCUT2D eigenvalue weighted by Gasteiger charge is -2.19. The normalized spacial score (nSPS) is 11.6. The molecule has 0 radical (unpaired) electrons. The maximum Gasteiger partial charge on any atom is 0.159 e. The average Bonchev–Trinajstić information content (AvgIpc) is 2.97. The molecule has 0 spiro atoms. The Hall–Kier alpha value is -4.63. The lowest BCUT2D eigenvalue weighted by atomic mass is 9.86.